The summed E-state index contributed by atoms with van der Waals surface area (Å²) in [5, 5.41) is 9.94. The Morgan fingerprint density at radius 3 is 2.63 bits per heavy atom. The number of aliphatic hydroxyl groups excluding tert-OH is 1. The van der Waals surface area contributed by atoms with Crippen LogP contribution in [0.1, 0.15) is 47.3 Å². The van der Waals surface area contributed by atoms with Crippen molar-refractivity contribution in [3.63, 3.8) is 0 Å². The molecule has 0 aliphatic heterocycles. The number of anilines is 1. The zero-order valence-electron chi connectivity index (χ0n) is 17.7. The van der Waals surface area contributed by atoms with E-state index in [9.17, 15) is 14.8 Å². The lowest BCUT2D eigenvalue weighted by atomic mass is 9.89. The first-order valence-corrected chi connectivity index (χ1v) is 12.0. The van der Waals surface area contributed by atoms with Crippen molar-refractivity contribution in [2.45, 2.75) is 59.5 Å². The molecule has 0 aliphatic rings. The lowest BCUT2D eigenvalue weighted by Gasteiger charge is -2.30. The highest BCUT2D eigenvalue weighted by atomic mass is 32.5. The molecular formula is C17H30N5O6PS. The summed E-state index contributed by atoms with van der Waals surface area (Å²) in [5.74, 6) is -0.0766. The van der Waals surface area contributed by atoms with E-state index in [1.807, 2.05) is 20.8 Å². The summed E-state index contributed by atoms with van der Waals surface area (Å²) in [6, 6.07) is 0. The number of rotatable bonds is 10. The molecule has 0 saturated carbocycles. The molecule has 0 spiro atoms. The Kier molecular flexibility index (Phi) is 8.14. The van der Waals surface area contributed by atoms with Crippen LogP contribution in [0.15, 0.2) is 11.1 Å². The van der Waals surface area contributed by atoms with Crippen molar-refractivity contribution in [2.75, 3.05) is 18.9 Å². The Balaban J connectivity index is 2.26. The smallest absolute Gasteiger partial charge is 0.324 e. The molecule has 3 atom stereocenters. The minimum atomic E-state index is -3.43. The molecule has 0 radical (unpaired) electrons. The van der Waals surface area contributed by atoms with Crippen molar-refractivity contribution in [1.82, 2.24) is 19.5 Å². The van der Waals surface area contributed by atoms with Gasteiger partial charge in [-0.05, 0) is 37.5 Å². The predicted molar refractivity (Wildman–Crippen MR) is 116 cm³/mol. The van der Waals surface area contributed by atoms with Crippen LogP contribution < -0.4 is 11.3 Å². The van der Waals surface area contributed by atoms with Gasteiger partial charge in [-0.3, -0.25) is 14.3 Å². The van der Waals surface area contributed by atoms with Gasteiger partial charge in [-0.25, -0.2) is 4.98 Å². The van der Waals surface area contributed by atoms with Crippen LogP contribution in [0.4, 0.5) is 5.95 Å². The minimum Gasteiger partial charge on any atom is -0.392 e. The first-order valence-electron chi connectivity index (χ1n) is 9.45. The molecule has 0 aliphatic carbocycles. The van der Waals surface area contributed by atoms with Gasteiger partial charge in [0.15, 0.2) is 17.4 Å². The quantitative estimate of drug-likeness (QED) is 0.382. The fourth-order valence-electron chi connectivity index (χ4n) is 2.88. The zero-order valence-corrected chi connectivity index (χ0v) is 19.4. The fraction of sp³-hybridized carbons (Fsp3) is 0.706. The number of H-pyrrole nitrogens is 1. The summed E-state index contributed by atoms with van der Waals surface area (Å²) in [6.07, 6.45) is 0.121. The van der Waals surface area contributed by atoms with Crippen LogP contribution in [0, 0.1) is 5.41 Å². The summed E-state index contributed by atoms with van der Waals surface area (Å²) < 4.78 is 18.3. The number of fused-ring (bicyclic) bond motifs is 1. The number of aliphatic hydroxyl groups is 1. The molecule has 0 saturated heterocycles. The molecule has 0 amide bonds. The molecule has 0 bridgehead atoms. The van der Waals surface area contributed by atoms with Crippen LogP contribution in [0.2, 0.25) is 0 Å². The van der Waals surface area contributed by atoms with Crippen molar-refractivity contribution < 1.29 is 23.8 Å². The molecule has 2 aromatic rings. The number of hydrogen-bond acceptors (Lipinski definition) is 9. The van der Waals surface area contributed by atoms with Gasteiger partial charge in [0.05, 0.1) is 31.7 Å². The molecule has 11 nitrogen and oxygen atoms in total. The normalized spacial score (nSPS) is 16.7. The molecule has 2 aromatic heterocycles. The van der Waals surface area contributed by atoms with Crippen LogP contribution in [0.25, 0.3) is 11.2 Å². The molecule has 170 valence electrons. The predicted octanol–water partition coefficient (Wildman–Crippen LogP) is 1.67. The lowest BCUT2D eigenvalue weighted by molar-refractivity contribution is -0.104. The number of nitrogens with one attached hydrogen (secondary N) is 1. The van der Waals surface area contributed by atoms with E-state index in [2.05, 4.69) is 15.0 Å². The van der Waals surface area contributed by atoms with E-state index >= 15 is 0 Å². The van der Waals surface area contributed by atoms with Crippen LogP contribution >= 0.6 is 6.72 Å². The minimum absolute atomic E-state index is 0.0446. The van der Waals surface area contributed by atoms with Gasteiger partial charge in [-0.1, -0.05) is 20.8 Å². The van der Waals surface area contributed by atoms with Gasteiger partial charge in [0, 0.05) is 0 Å². The van der Waals surface area contributed by atoms with Crippen molar-refractivity contribution in [1.29, 1.82) is 0 Å². The molecule has 5 N–H and O–H groups in total. The molecule has 0 fully saturated rings. The molecule has 2 heterocycles. The topological polar surface area (TPSA) is 158 Å². The van der Waals surface area contributed by atoms with Gasteiger partial charge in [-0.15, -0.1) is 0 Å². The fourth-order valence-corrected chi connectivity index (χ4v) is 4.52. The highest BCUT2D eigenvalue weighted by molar-refractivity contribution is 8.07. The van der Waals surface area contributed by atoms with Gasteiger partial charge in [-0.2, -0.15) is 4.98 Å². The van der Waals surface area contributed by atoms with E-state index in [-0.39, 0.29) is 35.2 Å². The third kappa shape index (κ3) is 7.09. The second-order valence-corrected chi connectivity index (χ2v) is 11.1. The number of ether oxygens (including phenoxy) is 1. The molecule has 2 rings (SSSR count). The van der Waals surface area contributed by atoms with Crippen molar-refractivity contribution >= 4 is 35.6 Å². The third-order valence-corrected chi connectivity index (χ3v) is 5.61. The average Bonchev–Trinajstić information content (AvgIpc) is 2.99. The van der Waals surface area contributed by atoms with E-state index in [1.54, 1.807) is 13.8 Å². The number of imidazole rings is 1. The first-order chi connectivity index (χ1) is 13.8. The van der Waals surface area contributed by atoms with E-state index < -0.39 is 31.2 Å². The molecule has 1 unspecified atom stereocenters. The maximum absolute atomic E-state index is 12.0. The van der Waals surface area contributed by atoms with E-state index in [4.69, 9.17) is 31.3 Å². The van der Waals surface area contributed by atoms with Crippen LogP contribution in [-0.2, 0) is 25.6 Å². The number of aromatic nitrogens is 4. The summed E-state index contributed by atoms with van der Waals surface area (Å²) in [7, 11) is 0. The van der Waals surface area contributed by atoms with Crippen molar-refractivity contribution in [2.24, 2.45) is 5.41 Å². The lowest BCUT2D eigenvalue weighted by Crippen LogP contribution is -2.30. The van der Waals surface area contributed by atoms with Gasteiger partial charge in [0.2, 0.25) is 5.95 Å². The summed E-state index contributed by atoms with van der Waals surface area (Å²) >= 11 is 5.03. The highest BCUT2D eigenvalue weighted by Crippen LogP contribution is 2.45. The Labute approximate surface area is 179 Å². The number of nitrogens with two attached hydrogens (primary N) is 1. The van der Waals surface area contributed by atoms with E-state index in [1.165, 1.54) is 10.9 Å². The number of nitrogens with zero attached hydrogens (tertiary/aromatic N) is 3. The summed E-state index contributed by atoms with van der Waals surface area (Å²) in [6.45, 7) is 5.65. The van der Waals surface area contributed by atoms with Gasteiger partial charge in [0.25, 0.3) is 5.56 Å². The standard InChI is InChI=1S/C17H30N5O6PS/c1-10(2)28-29(25,30)26-8-11(6-17(3,4)5)27-12(7-23)22-9-19-13-14(22)20-16(18)21-15(13)24/h9-12,23H,6-8H2,1-5H3,(H,25,30)(H3,18,20,21,24)/t11-,12-,29?/m1/s1. The summed E-state index contributed by atoms with van der Waals surface area (Å²) in [4.78, 5) is 32.7. The molecule has 0 aromatic carbocycles. The number of hydrogen-bond donors (Lipinski definition) is 4. The summed E-state index contributed by atoms with van der Waals surface area (Å²) in [5.41, 5.74) is 5.25. The second-order valence-electron chi connectivity index (χ2n) is 8.35. The maximum atomic E-state index is 12.0. The Morgan fingerprint density at radius 1 is 1.40 bits per heavy atom. The number of nitrogen functional groups attached to an aromatic ring is 1. The maximum Gasteiger partial charge on any atom is 0.324 e. The van der Waals surface area contributed by atoms with E-state index in [0.717, 1.165) is 0 Å². The molecule has 30 heavy (non-hydrogen) atoms. The van der Waals surface area contributed by atoms with Crippen molar-refractivity contribution in [3.8, 4) is 0 Å². The zero-order chi connectivity index (χ0) is 22.7. The number of aromatic amines is 1. The van der Waals surface area contributed by atoms with Crippen LogP contribution in [-0.4, -0.2) is 54.9 Å². The Hall–Kier alpha value is -1.40. The van der Waals surface area contributed by atoms with E-state index in [0.29, 0.717) is 6.42 Å². The van der Waals surface area contributed by atoms with Gasteiger partial charge < -0.3 is 29.5 Å². The third-order valence-electron chi connectivity index (χ3n) is 3.87. The molecule has 13 heteroatoms. The first kappa shape index (κ1) is 24.9. The molecular weight excluding hydrogens is 433 g/mol. The van der Waals surface area contributed by atoms with Gasteiger partial charge in [0.1, 0.15) is 0 Å². The van der Waals surface area contributed by atoms with Gasteiger partial charge >= 0.3 is 6.72 Å². The SMILES string of the molecule is CC(C)OP(O)(=S)OC[C@@H](CC(C)(C)C)O[C@H](CO)n1cnc2c(=O)[nH]c(N)nc21. The van der Waals surface area contributed by atoms with Crippen LogP contribution in [0.5, 0.6) is 0 Å². The Morgan fingerprint density at radius 2 is 2.07 bits per heavy atom. The van der Waals surface area contributed by atoms with Crippen LogP contribution in [0.3, 0.4) is 0 Å². The van der Waals surface area contributed by atoms with Crippen molar-refractivity contribution in [3.05, 3.63) is 16.7 Å². The largest absolute Gasteiger partial charge is 0.392 e. The average molecular weight is 463 g/mol. The second kappa shape index (κ2) is 9.82. The Bertz CT molecular complexity index is 956. The monoisotopic (exact) mass is 463 g/mol. The highest BCUT2D eigenvalue weighted by Gasteiger charge is 2.28.